The van der Waals surface area contributed by atoms with E-state index in [1.165, 1.54) is 16.9 Å². The molecule has 3 heterocycles. The summed E-state index contributed by atoms with van der Waals surface area (Å²) in [6.45, 7) is 0. The quantitative estimate of drug-likeness (QED) is 0.584. The number of benzene rings is 1. The van der Waals surface area contributed by atoms with Gasteiger partial charge >= 0.3 is 0 Å². The van der Waals surface area contributed by atoms with Gasteiger partial charge in [0.2, 0.25) is 0 Å². The van der Waals surface area contributed by atoms with Gasteiger partial charge in [0.1, 0.15) is 10.7 Å². The van der Waals surface area contributed by atoms with E-state index in [0.717, 1.165) is 40.7 Å². The number of H-pyrrole nitrogens is 1. The Labute approximate surface area is 160 Å². The summed E-state index contributed by atoms with van der Waals surface area (Å²) in [5, 5.41) is 5.18. The lowest BCUT2D eigenvalue weighted by molar-refractivity contribution is 0.700. The molecule has 5 nitrogen and oxygen atoms in total. The van der Waals surface area contributed by atoms with Crippen molar-refractivity contribution in [3.8, 4) is 5.69 Å². The van der Waals surface area contributed by atoms with Gasteiger partial charge in [0.05, 0.1) is 17.3 Å². The third-order valence-corrected chi connectivity index (χ3v) is 6.09. The molecule has 0 unspecified atom stereocenters. The fourth-order valence-electron chi connectivity index (χ4n) is 3.58. The van der Waals surface area contributed by atoms with Crippen LogP contribution in [0.5, 0.6) is 0 Å². The zero-order chi connectivity index (χ0) is 18.2. The summed E-state index contributed by atoms with van der Waals surface area (Å²) in [7, 11) is 0. The van der Waals surface area contributed by atoms with E-state index in [4.69, 9.17) is 0 Å². The second-order valence-electron chi connectivity index (χ2n) is 6.73. The molecular weight excluding hydrogens is 356 g/mol. The van der Waals surface area contributed by atoms with E-state index in [1.54, 1.807) is 17.5 Å². The Kier molecular flexibility index (Phi) is 3.98. The van der Waals surface area contributed by atoms with E-state index in [2.05, 4.69) is 15.1 Å². The number of thiophene rings is 1. The summed E-state index contributed by atoms with van der Waals surface area (Å²) in [5.74, 6) is 0.582. The van der Waals surface area contributed by atoms with Crippen LogP contribution in [0, 0.1) is 0 Å². The van der Waals surface area contributed by atoms with Crippen LogP contribution in [0.1, 0.15) is 34.7 Å². The van der Waals surface area contributed by atoms with Crippen molar-refractivity contribution >= 4 is 33.7 Å². The third kappa shape index (κ3) is 3.02. The second kappa shape index (κ2) is 6.63. The average Bonchev–Trinajstić information content (AvgIpc) is 3.31. The maximum Gasteiger partial charge on any atom is 0.260 e. The monoisotopic (exact) mass is 374 g/mol. The fourth-order valence-corrected chi connectivity index (χ4v) is 4.85. The average molecular weight is 374 g/mol. The summed E-state index contributed by atoms with van der Waals surface area (Å²) < 4.78 is 1.83. The highest BCUT2D eigenvalue weighted by Crippen LogP contribution is 2.33. The smallest absolute Gasteiger partial charge is 0.260 e. The largest absolute Gasteiger partial charge is 0.306 e. The Hall–Kier alpha value is -2.99. The van der Waals surface area contributed by atoms with Crippen molar-refractivity contribution in [2.24, 2.45) is 0 Å². The van der Waals surface area contributed by atoms with E-state index < -0.39 is 0 Å². The van der Waals surface area contributed by atoms with E-state index >= 15 is 0 Å². The van der Waals surface area contributed by atoms with Gasteiger partial charge in [-0.25, -0.2) is 9.67 Å². The van der Waals surface area contributed by atoms with E-state index in [-0.39, 0.29) is 5.56 Å². The van der Waals surface area contributed by atoms with Crippen molar-refractivity contribution in [1.82, 2.24) is 19.7 Å². The Bertz CT molecular complexity index is 1200. The number of hydrogen-bond donors (Lipinski definition) is 1. The van der Waals surface area contributed by atoms with Crippen molar-refractivity contribution in [2.45, 2.75) is 25.7 Å². The molecule has 0 spiro atoms. The Morgan fingerprint density at radius 3 is 2.85 bits per heavy atom. The zero-order valence-electron chi connectivity index (χ0n) is 14.7. The first kappa shape index (κ1) is 16.2. The molecule has 1 aliphatic rings. The van der Waals surface area contributed by atoms with E-state index in [9.17, 15) is 4.79 Å². The lowest BCUT2D eigenvalue weighted by atomic mass is 9.97. The predicted octanol–water partition coefficient (Wildman–Crippen LogP) is 4.22. The first-order valence-electron chi connectivity index (χ1n) is 9.11. The topological polar surface area (TPSA) is 63.6 Å². The molecule has 0 saturated carbocycles. The van der Waals surface area contributed by atoms with Gasteiger partial charge < -0.3 is 4.98 Å². The minimum Gasteiger partial charge on any atom is -0.306 e. The SMILES string of the molecule is O=c1[nH]c(/C=C/c2cnn(-c3ccccc3)c2)nc2sc3c(c12)CCCC3. The summed E-state index contributed by atoms with van der Waals surface area (Å²) in [6.07, 6.45) is 11.9. The van der Waals surface area contributed by atoms with Crippen molar-refractivity contribution in [1.29, 1.82) is 0 Å². The number of aryl methyl sites for hydroxylation is 2. The van der Waals surface area contributed by atoms with Crippen molar-refractivity contribution < 1.29 is 0 Å². The summed E-state index contributed by atoms with van der Waals surface area (Å²) >= 11 is 1.67. The minimum absolute atomic E-state index is 0.0287. The number of aromatic amines is 1. The number of nitrogens with zero attached hydrogens (tertiary/aromatic N) is 3. The summed E-state index contributed by atoms with van der Waals surface area (Å²) in [4.78, 5) is 22.4. The molecule has 3 aromatic heterocycles. The van der Waals surface area contributed by atoms with Crippen LogP contribution < -0.4 is 5.56 Å². The maximum atomic E-state index is 12.6. The third-order valence-electron chi connectivity index (χ3n) is 4.90. The molecule has 4 aromatic rings. The van der Waals surface area contributed by atoms with E-state index in [0.29, 0.717) is 5.82 Å². The number of rotatable bonds is 3. The van der Waals surface area contributed by atoms with Crippen LogP contribution in [0.4, 0.5) is 0 Å². The van der Waals surface area contributed by atoms with Crippen LogP contribution in [0.2, 0.25) is 0 Å². The Balaban J connectivity index is 1.46. The molecule has 1 aromatic carbocycles. The molecule has 0 amide bonds. The van der Waals surface area contributed by atoms with Crippen molar-refractivity contribution in [3.05, 3.63) is 74.9 Å². The molecule has 0 bridgehead atoms. The van der Waals surface area contributed by atoms with Crippen LogP contribution in [0.15, 0.2) is 47.5 Å². The highest BCUT2D eigenvalue weighted by Gasteiger charge is 2.19. The lowest BCUT2D eigenvalue weighted by Gasteiger charge is -2.09. The molecule has 0 radical (unpaired) electrons. The Morgan fingerprint density at radius 2 is 1.96 bits per heavy atom. The van der Waals surface area contributed by atoms with Crippen molar-refractivity contribution in [3.63, 3.8) is 0 Å². The molecule has 0 atom stereocenters. The van der Waals surface area contributed by atoms with E-state index in [1.807, 2.05) is 53.4 Å². The van der Waals surface area contributed by atoms with Gasteiger partial charge in [0, 0.05) is 16.6 Å². The van der Waals surface area contributed by atoms with Gasteiger partial charge in [-0.05, 0) is 55.5 Å². The summed E-state index contributed by atoms with van der Waals surface area (Å²) in [5.41, 5.74) is 3.15. The number of fused-ring (bicyclic) bond motifs is 3. The molecule has 6 heteroatoms. The molecular formula is C21H18N4OS. The predicted molar refractivity (Wildman–Crippen MR) is 109 cm³/mol. The number of hydrogen-bond acceptors (Lipinski definition) is 4. The van der Waals surface area contributed by atoms with Crippen LogP contribution in [0.3, 0.4) is 0 Å². The van der Waals surface area contributed by atoms with Gasteiger partial charge in [0.25, 0.3) is 5.56 Å². The molecule has 134 valence electrons. The van der Waals surface area contributed by atoms with Crippen LogP contribution >= 0.6 is 11.3 Å². The minimum atomic E-state index is -0.0287. The highest BCUT2D eigenvalue weighted by atomic mass is 32.1. The number of aromatic nitrogens is 4. The van der Waals surface area contributed by atoms with Gasteiger partial charge in [-0.1, -0.05) is 18.2 Å². The standard InChI is InChI=1S/C21H18N4OS/c26-20-19-16-8-4-5-9-17(16)27-21(19)24-18(23-20)11-10-14-12-22-25(13-14)15-6-2-1-3-7-15/h1-3,6-7,10-13H,4-5,8-9H2,(H,23,24,26)/b11-10+. The highest BCUT2D eigenvalue weighted by molar-refractivity contribution is 7.18. The zero-order valence-corrected chi connectivity index (χ0v) is 15.5. The number of nitrogens with one attached hydrogen (secondary N) is 1. The Morgan fingerprint density at radius 1 is 1.11 bits per heavy atom. The van der Waals surface area contributed by atoms with Gasteiger partial charge in [-0.2, -0.15) is 5.10 Å². The molecule has 0 saturated heterocycles. The number of para-hydroxylation sites is 1. The fraction of sp³-hybridized carbons (Fsp3) is 0.190. The molecule has 0 aliphatic heterocycles. The van der Waals surface area contributed by atoms with Crippen LogP contribution in [-0.4, -0.2) is 19.7 Å². The van der Waals surface area contributed by atoms with Gasteiger partial charge in [-0.3, -0.25) is 4.79 Å². The molecule has 27 heavy (non-hydrogen) atoms. The first-order chi connectivity index (χ1) is 13.3. The van der Waals surface area contributed by atoms with Crippen LogP contribution in [-0.2, 0) is 12.8 Å². The lowest BCUT2D eigenvalue weighted by Crippen LogP contribution is -2.11. The second-order valence-corrected chi connectivity index (χ2v) is 7.81. The van der Waals surface area contributed by atoms with Crippen molar-refractivity contribution in [2.75, 3.05) is 0 Å². The molecule has 0 fully saturated rings. The van der Waals surface area contributed by atoms with Gasteiger partial charge in [-0.15, -0.1) is 11.3 Å². The summed E-state index contributed by atoms with van der Waals surface area (Å²) in [6, 6.07) is 9.96. The molecule has 1 N–H and O–H groups in total. The normalized spacial score (nSPS) is 14.1. The van der Waals surface area contributed by atoms with Crippen LogP contribution in [0.25, 0.3) is 28.1 Å². The molecule has 1 aliphatic carbocycles. The molecule has 5 rings (SSSR count). The maximum absolute atomic E-state index is 12.6. The first-order valence-corrected chi connectivity index (χ1v) is 9.92. The van der Waals surface area contributed by atoms with Gasteiger partial charge in [0.15, 0.2) is 0 Å².